The number of benzene rings is 2. The predicted octanol–water partition coefficient (Wildman–Crippen LogP) is 4.14. The van der Waals surface area contributed by atoms with Crippen LogP contribution in [0.25, 0.3) is 10.8 Å². The van der Waals surface area contributed by atoms with Crippen molar-refractivity contribution in [3.8, 4) is 0 Å². The van der Waals surface area contributed by atoms with Crippen LogP contribution in [-0.4, -0.2) is 29.9 Å². The van der Waals surface area contributed by atoms with Gasteiger partial charge in [-0.25, -0.2) is 0 Å². The van der Waals surface area contributed by atoms with E-state index in [9.17, 15) is 4.79 Å². The minimum Gasteiger partial charge on any atom is -0.324 e. The minimum atomic E-state index is -0.0980. The van der Waals surface area contributed by atoms with E-state index in [1.165, 1.54) is 6.42 Å². The quantitative estimate of drug-likeness (QED) is 0.924. The van der Waals surface area contributed by atoms with Crippen LogP contribution in [-0.2, 0) is 4.79 Å². The number of hydrogen-bond acceptors (Lipinski definition) is 2. The van der Waals surface area contributed by atoms with E-state index >= 15 is 0 Å². The van der Waals surface area contributed by atoms with Crippen LogP contribution < -0.4 is 5.32 Å². The molecule has 0 radical (unpaired) electrons. The first-order valence-corrected chi connectivity index (χ1v) is 8.57. The molecule has 1 aliphatic heterocycles. The topological polar surface area (TPSA) is 32.3 Å². The van der Waals surface area contributed by atoms with E-state index < -0.39 is 0 Å². The average Bonchev–Trinajstić information content (AvgIpc) is 2.53. The number of carbonyl (C=O) groups is 1. The van der Waals surface area contributed by atoms with E-state index in [1.54, 1.807) is 0 Å². The maximum atomic E-state index is 12.7. The van der Waals surface area contributed by atoms with Gasteiger partial charge >= 0.3 is 0 Å². The molecular formula is C20H26N2O. The van der Waals surface area contributed by atoms with Crippen molar-refractivity contribution in [2.45, 2.75) is 33.2 Å². The molecule has 1 fully saturated rings. The highest BCUT2D eigenvalue weighted by Crippen LogP contribution is 2.25. The zero-order valence-electron chi connectivity index (χ0n) is 14.3. The van der Waals surface area contributed by atoms with Crippen molar-refractivity contribution in [2.75, 3.05) is 18.4 Å². The van der Waals surface area contributed by atoms with Gasteiger partial charge in [-0.05, 0) is 36.6 Å². The summed E-state index contributed by atoms with van der Waals surface area (Å²) in [6.45, 7) is 8.59. The third-order valence-corrected chi connectivity index (χ3v) is 4.87. The molecule has 1 saturated heterocycles. The lowest BCUT2D eigenvalue weighted by Crippen LogP contribution is -2.48. The molecule has 0 bridgehead atoms. The summed E-state index contributed by atoms with van der Waals surface area (Å²) >= 11 is 0. The summed E-state index contributed by atoms with van der Waals surface area (Å²) in [4.78, 5) is 15.0. The molecular weight excluding hydrogens is 284 g/mol. The van der Waals surface area contributed by atoms with Gasteiger partial charge in [0.05, 0.1) is 6.04 Å². The van der Waals surface area contributed by atoms with Crippen molar-refractivity contribution in [2.24, 2.45) is 11.8 Å². The van der Waals surface area contributed by atoms with E-state index in [4.69, 9.17) is 0 Å². The number of likely N-dealkylation sites (tertiary alicyclic amines) is 1. The normalized spacial score (nSPS) is 23.6. The van der Waals surface area contributed by atoms with E-state index in [0.717, 1.165) is 29.5 Å². The Morgan fingerprint density at radius 1 is 1.09 bits per heavy atom. The molecule has 0 saturated carbocycles. The number of hydrogen-bond donors (Lipinski definition) is 1. The van der Waals surface area contributed by atoms with E-state index in [2.05, 4.69) is 42.3 Å². The van der Waals surface area contributed by atoms with Gasteiger partial charge in [0.1, 0.15) is 0 Å². The number of nitrogens with zero attached hydrogens (tertiary/aromatic N) is 1. The molecule has 1 aliphatic rings. The van der Waals surface area contributed by atoms with E-state index in [0.29, 0.717) is 11.8 Å². The monoisotopic (exact) mass is 310 g/mol. The van der Waals surface area contributed by atoms with Gasteiger partial charge < -0.3 is 5.32 Å². The van der Waals surface area contributed by atoms with Crippen LogP contribution in [0.3, 0.4) is 0 Å². The van der Waals surface area contributed by atoms with Crippen LogP contribution in [0.2, 0.25) is 0 Å². The highest BCUT2D eigenvalue weighted by Gasteiger charge is 2.28. The number of nitrogens with one attached hydrogen (secondary N) is 1. The summed E-state index contributed by atoms with van der Waals surface area (Å²) in [6.07, 6.45) is 1.26. The molecule has 2 aromatic carbocycles. The molecule has 1 N–H and O–H groups in total. The first kappa shape index (κ1) is 16.0. The summed E-state index contributed by atoms with van der Waals surface area (Å²) in [6, 6.07) is 14.1. The maximum Gasteiger partial charge on any atom is 0.241 e. The predicted molar refractivity (Wildman–Crippen MR) is 96.6 cm³/mol. The second-order valence-corrected chi connectivity index (χ2v) is 7.09. The molecule has 3 atom stereocenters. The fourth-order valence-electron chi connectivity index (χ4n) is 3.76. The third-order valence-electron chi connectivity index (χ3n) is 4.87. The number of anilines is 1. The molecule has 2 aromatic rings. The van der Waals surface area contributed by atoms with Crippen LogP contribution in [0.5, 0.6) is 0 Å². The summed E-state index contributed by atoms with van der Waals surface area (Å²) in [5.41, 5.74) is 0.901. The molecule has 0 aliphatic carbocycles. The van der Waals surface area contributed by atoms with Crippen molar-refractivity contribution < 1.29 is 4.79 Å². The molecule has 1 amide bonds. The Bertz CT molecular complexity index is 682. The lowest BCUT2D eigenvalue weighted by Gasteiger charge is -2.38. The van der Waals surface area contributed by atoms with Gasteiger partial charge in [0.15, 0.2) is 0 Å². The largest absolute Gasteiger partial charge is 0.324 e. The van der Waals surface area contributed by atoms with Crippen molar-refractivity contribution in [3.05, 3.63) is 42.5 Å². The summed E-state index contributed by atoms with van der Waals surface area (Å²) < 4.78 is 0. The fourth-order valence-corrected chi connectivity index (χ4v) is 3.76. The average molecular weight is 310 g/mol. The Morgan fingerprint density at radius 2 is 1.74 bits per heavy atom. The van der Waals surface area contributed by atoms with E-state index in [-0.39, 0.29) is 11.9 Å². The number of carbonyl (C=O) groups excluding carboxylic acids is 1. The Morgan fingerprint density at radius 3 is 2.48 bits per heavy atom. The highest BCUT2D eigenvalue weighted by molar-refractivity contribution is 6.03. The molecule has 1 heterocycles. The maximum absolute atomic E-state index is 12.7. The molecule has 23 heavy (non-hydrogen) atoms. The first-order chi connectivity index (χ1) is 11.0. The SMILES string of the molecule is C[C@@H]1C[C@H](C)CN([C@H](C)C(=O)Nc2cccc3ccccc23)C1. The van der Waals surface area contributed by atoms with Gasteiger partial charge in [-0.3, -0.25) is 9.69 Å². The molecule has 3 heteroatoms. The fraction of sp³-hybridized carbons (Fsp3) is 0.450. The summed E-state index contributed by atoms with van der Waals surface area (Å²) in [5, 5.41) is 5.38. The molecule has 122 valence electrons. The minimum absolute atomic E-state index is 0.0858. The lowest BCUT2D eigenvalue weighted by molar-refractivity contribution is -0.121. The number of amides is 1. The second-order valence-electron chi connectivity index (χ2n) is 7.09. The smallest absolute Gasteiger partial charge is 0.241 e. The van der Waals surface area contributed by atoms with Crippen LogP contribution in [0.1, 0.15) is 27.2 Å². The van der Waals surface area contributed by atoms with Crippen LogP contribution in [0, 0.1) is 11.8 Å². The van der Waals surface area contributed by atoms with Gasteiger partial charge in [0.2, 0.25) is 5.91 Å². The number of rotatable bonds is 3. The third kappa shape index (κ3) is 3.56. The highest BCUT2D eigenvalue weighted by atomic mass is 16.2. The van der Waals surface area contributed by atoms with E-state index in [1.807, 2.05) is 31.2 Å². The summed E-state index contributed by atoms with van der Waals surface area (Å²) in [5.74, 6) is 1.40. The van der Waals surface area contributed by atoms with Gasteiger partial charge in [-0.1, -0.05) is 50.2 Å². The zero-order valence-corrected chi connectivity index (χ0v) is 14.3. The number of piperidine rings is 1. The van der Waals surface area contributed by atoms with Gasteiger partial charge in [0, 0.05) is 24.2 Å². The van der Waals surface area contributed by atoms with Crippen LogP contribution in [0.4, 0.5) is 5.69 Å². The first-order valence-electron chi connectivity index (χ1n) is 8.57. The van der Waals surface area contributed by atoms with Crippen molar-refractivity contribution in [3.63, 3.8) is 0 Å². The standard InChI is InChI=1S/C20H26N2O/c1-14-11-15(2)13-22(12-14)16(3)20(23)21-19-10-6-8-17-7-4-5-9-18(17)19/h4-10,14-16H,11-13H2,1-3H3,(H,21,23)/t14-,15+,16-/m1/s1. The van der Waals surface area contributed by atoms with Crippen molar-refractivity contribution >= 4 is 22.4 Å². The molecule has 0 unspecified atom stereocenters. The Kier molecular flexibility index (Phi) is 4.67. The Labute approximate surface area is 138 Å². The van der Waals surface area contributed by atoms with Crippen molar-refractivity contribution in [1.29, 1.82) is 0 Å². The molecule has 0 spiro atoms. The van der Waals surface area contributed by atoms with Gasteiger partial charge in [-0.2, -0.15) is 0 Å². The summed E-state index contributed by atoms with van der Waals surface area (Å²) in [7, 11) is 0. The van der Waals surface area contributed by atoms with Crippen LogP contribution in [0.15, 0.2) is 42.5 Å². The van der Waals surface area contributed by atoms with Gasteiger partial charge in [0.25, 0.3) is 0 Å². The Balaban J connectivity index is 1.75. The Hall–Kier alpha value is -1.87. The van der Waals surface area contributed by atoms with Gasteiger partial charge in [-0.15, -0.1) is 0 Å². The zero-order chi connectivity index (χ0) is 16.4. The number of fused-ring (bicyclic) bond motifs is 1. The molecule has 3 rings (SSSR count). The lowest BCUT2D eigenvalue weighted by atomic mass is 9.91. The molecule has 0 aromatic heterocycles. The van der Waals surface area contributed by atoms with Crippen LogP contribution >= 0.6 is 0 Å². The van der Waals surface area contributed by atoms with Crippen molar-refractivity contribution in [1.82, 2.24) is 4.90 Å². The second kappa shape index (κ2) is 6.71. The molecule has 3 nitrogen and oxygen atoms in total.